The molecule has 2 unspecified atom stereocenters. The third kappa shape index (κ3) is 64.8. The molecule has 0 aromatic heterocycles. The van der Waals surface area contributed by atoms with Crippen molar-refractivity contribution in [2.24, 2.45) is 11.8 Å². The van der Waals surface area contributed by atoms with Crippen LogP contribution in [0.5, 0.6) is 0 Å². The second-order valence-electron chi connectivity index (χ2n) is 26.6. The van der Waals surface area contributed by atoms with E-state index in [2.05, 4.69) is 41.5 Å². The molecule has 0 aromatic rings. The highest BCUT2D eigenvalue weighted by Crippen LogP contribution is 2.45. The van der Waals surface area contributed by atoms with Gasteiger partial charge < -0.3 is 33.8 Å². The first-order valence-electron chi connectivity index (χ1n) is 37.0. The first-order chi connectivity index (χ1) is 43.4. The van der Waals surface area contributed by atoms with Crippen molar-refractivity contribution in [2.45, 2.75) is 381 Å². The van der Waals surface area contributed by atoms with Gasteiger partial charge in [0, 0.05) is 25.7 Å². The predicted octanol–water partition coefficient (Wildman–Crippen LogP) is 20.4. The van der Waals surface area contributed by atoms with Gasteiger partial charge in [-0.2, -0.15) is 0 Å². The molecule has 0 aliphatic rings. The SMILES string of the molecule is CCCCCCCCCCCCCCC(=O)OC[C@H](COP(=O)(O)OC[C@@H](O)COP(=O)(O)OC[C@@H](COC(=O)CCCCCCCCCC)OC(=O)CCCCCCCCC(C)C)OC(=O)CCCCCCCCCCCCCCCCCCCCC(C)C. The van der Waals surface area contributed by atoms with E-state index in [1.807, 2.05) is 0 Å². The van der Waals surface area contributed by atoms with E-state index in [4.69, 9.17) is 37.0 Å². The normalized spacial score (nSPS) is 14.1. The average molecular weight is 1330 g/mol. The lowest BCUT2D eigenvalue weighted by Crippen LogP contribution is -2.30. The molecule has 0 spiro atoms. The largest absolute Gasteiger partial charge is 0.472 e. The number of unbranched alkanes of at least 4 members (excludes halogenated alkanes) is 40. The molecule has 0 rings (SSSR count). The highest BCUT2D eigenvalue weighted by molar-refractivity contribution is 7.47. The zero-order valence-corrected chi connectivity index (χ0v) is 60.2. The molecule has 0 aromatic carbocycles. The number of aliphatic hydroxyl groups excluding tert-OH is 1. The van der Waals surface area contributed by atoms with E-state index in [1.54, 1.807) is 0 Å². The van der Waals surface area contributed by atoms with E-state index in [0.717, 1.165) is 102 Å². The van der Waals surface area contributed by atoms with E-state index in [9.17, 15) is 43.2 Å². The highest BCUT2D eigenvalue weighted by Gasteiger charge is 2.30. The van der Waals surface area contributed by atoms with Gasteiger partial charge in [-0.3, -0.25) is 37.3 Å². The fourth-order valence-electron chi connectivity index (χ4n) is 10.8. The zero-order chi connectivity index (χ0) is 66.5. The lowest BCUT2D eigenvalue weighted by atomic mass is 10.0. The molecular weight excluding hydrogens is 1190 g/mol. The van der Waals surface area contributed by atoms with Gasteiger partial charge >= 0.3 is 39.5 Å². The molecule has 3 N–H and O–H groups in total. The Hall–Kier alpha value is -1.94. The summed E-state index contributed by atoms with van der Waals surface area (Å²) in [5.41, 5.74) is 0. The van der Waals surface area contributed by atoms with Crippen molar-refractivity contribution in [3.8, 4) is 0 Å². The molecule has 0 fully saturated rings. The standard InChI is InChI=1S/C71H138O17P2/c1-7-9-11-13-15-17-18-28-31-35-42-48-54-69(74)82-59-66(87-70(75)55-49-43-36-32-29-26-24-22-20-19-21-23-25-27-30-33-39-45-51-63(3)4)61-85-89(77,78)83-57-65(72)58-84-90(79,80)86-62-67(60-81-68(73)53-47-41-34-16-14-12-10-8-2)88-71(76)56-50-44-38-37-40-46-52-64(5)6/h63-67,72H,7-62H2,1-6H3,(H,77,78)(H,79,80)/t65-,66-,67-/m1/s1. The van der Waals surface area contributed by atoms with Gasteiger partial charge in [-0.15, -0.1) is 0 Å². The molecule has 0 amide bonds. The van der Waals surface area contributed by atoms with Crippen LogP contribution in [0.1, 0.15) is 363 Å². The van der Waals surface area contributed by atoms with E-state index in [1.165, 1.54) is 173 Å². The van der Waals surface area contributed by atoms with Crippen molar-refractivity contribution < 1.29 is 80.2 Å². The molecule has 0 saturated heterocycles. The van der Waals surface area contributed by atoms with E-state index < -0.39 is 97.5 Å². The van der Waals surface area contributed by atoms with Crippen molar-refractivity contribution in [1.29, 1.82) is 0 Å². The van der Waals surface area contributed by atoms with Crippen LogP contribution in [0, 0.1) is 11.8 Å². The monoisotopic (exact) mass is 1320 g/mol. The number of carbonyl (C=O) groups is 4. The van der Waals surface area contributed by atoms with Crippen LogP contribution in [-0.4, -0.2) is 96.7 Å². The number of aliphatic hydroxyl groups is 1. The fraction of sp³-hybridized carbons (Fsp3) is 0.944. The molecule has 0 bridgehead atoms. The minimum Gasteiger partial charge on any atom is -0.462 e. The fourth-order valence-corrected chi connectivity index (χ4v) is 12.3. The summed E-state index contributed by atoms with van der Waals surface area (Å²) < 4.78 is 68.2. The van der Waals surface area contributed by atoms with E-state index in [-0.39, 0.29) is 25.7 Å². The molecule has 5 atom stereocenters. The second kappa shape index (κ2) is 63.1. The summed E-state index contributed by atoms with van der Waals surface area (Å²) in [6, 6.07) is 0. The maximum atomic E-state index is 13.0. The van der Waals surface area contributed by atoms with Crippen molar-refractivity contribution >= 4 is 39.5 Å². The number of rotatable bonds is 70. The Morgan fingerprint density at radius 1 is 0.300 bits per heavy atom. The number of hydrogen-bond acceptors (Lipinski definition) is 15. The van der Waals surface area contributed by atoms with Crippen molar-refractivity contribution in [1.82, 2.24) is 0 Å². The van der Waals surface area contributed by atoms with Crippen molar-refractivity contribution in [2.75, 3.05) is 39.6 Å². The molecule has 0 aliphatic heterocycles. The smallest absolute Gasteiger partial charge is 0.462 e. The van der Waals surface area contributed by atoms with Gasteiger partial charge in [0.15, 0.2) is 12.2 Å². The molecule has 0 heterocycles. The zero-order valence-electron chi connectivity index (χ0n) is 58.4. The number of phosphoric acid groups is 2. The van der Waals surface area contributed by atoms with Crippen molar-refractivity contribution in [3.63, 3.8) is 0 Å². The first-order valence-corrected chi connectivity index (χ1v) is 40.0. The van der Waals surface area contributed by atoms with E-state index >= 15 is 0 Å². The molecule has 0 radical (unpaired) electrons. The van der Waals surface area contributed by atoms with Gasteiger partial charge in [0.25, 0.3) is 0 Å². The lowest BCUT2D eigenvalue weighted by molar-refractivity contribution is -0.161. The Balaban J connectivity index is 5.14. The van der Waals surface area contributed by atoms with Gasteiger partial charge in [0.05, 0.1) is 26.4 Å². The minimum atomic E-state index is -4.95. The Morgan fingerprint density at radius 3 is 0.756 bits per heavy atom. The summed E-state index contributed by atoms with van der Waals surface area (Å²) in [5, 5.41) is 10.6. The summed E-state index contributed by atoms with van der Waals surface area (Å²) >= 11 is 0. The minimum absolute atomic E-state index is 0.102. The summed E-state index contributed by atoms with van der Waals surface area (Å²) in [7, 11) is -9.89. The summed E-state index contributed by atoms with van der Waals surface area (Å²) in [6.45, 7) is 9.47. The quantitative estimate of drug-likeness (QED) is 0.0222. The third-order valence-corrected chi connectivity index (χ3v) is 18.4. The molecular formula is C71H138O17P2. The van der Waals surface area contributed by atoms with Crippen LogP contribution < -0.4 is 0 Å². The van der Waals surface area contributed by atoms with E-state index in [0.29, 0.717) is 31.6 Å². The van der Waals surface area contributed by atoms with Crippen LogP contribution in [0.2, 0.25) is 0 Å². The van der Waals surface area contributed by atoms with Crippen molar-refractivity contribution in [3.05, 3.63) is 0 Å². The Labute approximate surface area is 549 Å². The molecule has 19 heteroatoms. The van der Waals surface area contributed by atoms with Gasteiger partial charge in [-0.25, -0.2) is 9.13 Å². The molecule has 90 heavy (non-hydrogen) atoms. The Kier molecular flexibility index (Phi) is 61.8. The molecule has 17 nitrogen and oxygen atoms in total. The average Bonchev–Trinajstić information content (AvgIpc) is 3.62. The number of phosphoric ester groups is 2. The van der Waals surface area contributed by atoms with Crippen LogP contribution in [0.15, 0.2) is 0 Å². The molecule has 0 saturated carbocycles. The lowest BCUT2D eigenvalue weighted by Gasteiger charge is -2.21. The van der Waals surface area contributed by atoms with Crippen LogP contribution in [0.4, 0.5) is 0 Å². The van der Waals surface area contributed by atoms with Gasteiger partial charge in [-0.05, 0) is 37.5 Å². The number of esters is 4. The number of ether oxygens (including phenoxy) is 4. The Bertz CT molecular complexity index is 1750. The topological polar surface area (TPSA) is 237 Å². The second-order valence-corrected chi connectivity index (χ2v) is 29.5. The van der Waals surface area contributed by atoms with Crippen LogP contribution in [-0.2, 0) is 65.4 Å². The van der Waals surface area contributed by atoms with Gasteiger partial charge in [-0.1, -0.05) is 311 Å². The summed E-state index contributed by atoms with van der Waals surface area (Å²) in [4.78, 5) is 72.4. The van der Waals surface area contributed by atoms with Gasteiger partial charge in [0.2, 0.25) is 0 Å². The predicted molar refractivity (Wildman–Crippen MR) is 363 cm³/mol. The molecule has 0 aliphatic carbocycles. The maximum absolute atomic E-state index is 13.0. The summed E-state index contributed by atoms with van der Waals surface area (Å²) in [6.07, 6.45) is 48.9. The van der Waals surface area contributed by atoms with Crippen LogP contribution >= 0.6 is 15.6 Å². The first kappa shape index (κ1) is 88.1. The van der Waals surface area contributed by atoms with Crippen LogP contribution in [0.25, 0.3) is 0 Å². The maximum Gasteiger partial charge on any atom is 0.472 e. The number of hydrogen-bond donors (Lipinski definition) is 3. The van der Waals surface area contributed by atoms with Crippen LogP contribution in [0.3, 0.4) is 0 Å². The number of carbonyl (C=O) groups excluding carboxylic acids is 4. The highest BCUT2D eigenvalue weighted by atomic mass is 31.2. The summed E-state index contributed by atoms with van der Waals surface area (Å²) in [5.74, 6) is -0.640. The van der Waals surface area contributed by atoms with Gasteiger partial charge in [0.1, 0.15) is 19.3 Å². The Morgan fingerprint density at radius 2 is 0.511 bits per heavy atom. The third-order valence-electron chi connectivity index (χ3n) is 16.5. The molecule has 534 valence electrons.